The Morgan fingerprint density at radius 3 is 2.79 bits per heavy atom. The van der Waals surface area contributed by atoms with Crippen molar-refractivity contribution < 1.29 is 4.74 Å². The van der Waals surface area contributed by atoms with Crippen molar-refractivity contribution in [3.8, 4) is 29.4 Å². The predicted octanol–water partition coefficient (Wildman–Crippen LogP) is 3.84. The van der Waals surface area contributed by atoms with Gasteiger partial charge in [0, 0.05) is 10.6 Å². The molecule has 0 radical (unpaired) electrons. The highest BCUT2D eigenvalue weighted by Gasteiger charge is 2.25. The summed E-state index contributed by atoms with van der Waals surface area (Å²) in [5.41, 5.74) is 4.40. The van der Waals surface area contributed by atoms with E-state index in [1.165, 1.54) is 0 Å². The number of fused-ring (bicyclic) bond motifs is 5. The number of benzene rings is 2. The van der Waals surface area contributed by atoms with E-state index in [4.69, 9.17) is 22.8 Å². The van der Waals surface area contributed by atoms with E-state index in [9.17, 15) is 0 Å². The number of ether oxygens (including phenoxy) is 1. The predicted molar refractivity (Wildman–Crippen MR) is 110 cm³/mol. The van der Waals surface area contributed by atoms with E-state index in [1.807, 2.05) is 57.7 Å². The van der Waals surface area contributed by atoms with Crippen LogP contribution in [0.2, 0.25) is 5.02 Å². The van der Waals surface area contributed by atoms with Gasteiger partial charge in [-0.25, -0.2) is 4.98 Å². The highest BCUT2D eigenvalue weighted by molar-refractivity contribution is 6.31. The molecule has 0 aliphatic carbocycles. The smallest absolute Gasteiger partial charge is 0.166 e. The summed E-state index contributed by atoms with van der Waals surface area (Å²) in [5, 5.41) is 9.43. The van der Waals surface area contributed by atoms with Crippen LogP contribution in [-0.2, 0) is 24.5 Å². The summed E-state index contributed by atoms with van der Waals surface area (Å²) in [6.07, 6.45) is 7.42. The van der Waals surface area contributed by atoms with Crippen molar-refractivity contribution in [3.63, 3.8) is 0 Å². The number of nitrogens with zero attached hydrogens (tertiary/aromatic N) is 5. The number of rotatable bonds is 4. The first kappa shape index (κ1) is 17.7. The number of terminal acetylenes is 1. The summed E-state index contributed by atoms with van der Waals surface area (Å²) in [7, 11) is 0. The Hall–Kier alpha value is -3.40. The molecule has 7 heteroatoms. The molecule has 6 nitrogen and oxygen atoms in total. The topological polar surface area (TPSA) is 57.8 Å². The molecule has 4 aromatic rings. The van der Waals surface area contributed by atoms with Gasteiger partial charge in [-0.2, -0.15) is 0 Å². The third kappa shape index (κ3) is 3.11. The summed E-state index contributed by atoms with van der Waals surface area (Å²) in [6.45, 7) is 1.33. The molecule has 0 unspecified atom stereocenters. The maximum Gasteiger partial charge on any atom is 0.166 e. The van der Waals surface area contributed by atoms with Crippen LogP contribution in [0.3, 0.4) is 0 Å². The van der Waals surface area contributed by atoms with Gasteiger partial charge in [-0.05, 0) is 29.7 Å². The minimum absolute atomic E-state index is 0.331. The molecule has 0 atom stereocenters. The second kappa shape index (κ2) is 7.21. The molecule has 0 saturated carbocycles. The van der Waals surface area contributed by atoms with Crippen LogP contribution in [0.4, 0.5) is 0 Å². The SMILES string of the molecule is C#Cc1ncn2c1Cn1c(COCc3ccccc3)nnc1-c1cc(Cl)ccc1-2. The molecule has 0 fully saturated rings. The minimum Gasteiger partial charge on any atom is -0.369 e. The normalized spacial score (nSPS) is 11.9. The molecule has 0 bridgehead atoms. The van der Waals surface area contributed by atoms with Crippen molar-refractivity contribution in [2.75, 3.05) is 0 Å². The van der Waals surface area contributed by atoms with E-state index in [-0.39, 0.29) is 0 Å². The fraction of sp³-hybridized carbons (Fsp3) is 0.136. The van der Waals surface area contributed by atoms with E-state index in [1.54, 1.807) is 6.33 Å². The van der Waals surface area contributed by atoms with Gasteiger partial charge in [-0.3, -0.25) is 4.57 Å². The van der Waals surface area contributed by atoms with Gasteiger partial charge in [-0.1, -0.05) is 41.9 Å². The standard InChI is InChI=1S/C22H16ClN5O/c1-2-18-20-11-27-21(13-29-12-15-6-4-3-5-7-15)25-26-22(27)17-10-16(23)8-9-19(17)28(20)14-24-18/h1,3-10,14H,11-13H2. The molecule has 0 amide bonds. The molecule has 1 aliphatic rings. The third-order valence-electron chi connectivity index (χ3n) is 4.94. The number of hydrogen-bond acceptors (Lipinski definition) is 4. The first-order chi connectivity index (χ1) is 14.2. The molecular formula is C22H16ClN5O. The molecule has 0 N–H and O–H groups in total. The molecule has 5 rings (SSSR count). The number of hydrogen-bond donors (Lipinski definition) is 0. The van der Waals surface area contributed by atoms with E-state index in [0.29, 0.717) is 30.5 Å². The quantitative estimate of drug-likeness (QED) is 0.429. The first-order valence-corrected chi connectivity index (χ1v) is 9.49. The second-order valence-corrected chi connectivity index (χ2v) is 7.16. The number of halogens is 1. The van der Waals surface area contributed by atoms with Crippen LogP contribution in [0.5, 0.6) is 0 Å². The zero-order chi connectivity index (χ0) is 19.8. The lowest BCUT2D eigenvalue weighted by atomic mass is 10.1. The third-order valence-corrected chi connectivity index (χ3v) is 5.18. The maximum atomic E-state index is 6.27. The van der Waals surface area contributed by atoms with Gasteiger partial charge < -0.3 is 9.30 Å². The van der Waals surface area contributed by atoms with Gasteiger partial charge in [-0.15, -0.1) is 16.6 Å². The highest BCUT2D eigenvalue weighted by atomic mass is 35.5. The lowest BCUT2D eigenvalue weighted by molar-refractivity contribution is 0.0994. The summed E-state index contributed by atoms with van der Waals surface area (Å²) in [4.78, 5) is 4.38. The summed E-state index contributed by atoms with van der Waals surface area (Å²) in [5.74, 6) is 4.12. The monoisotopic (exact) mass is 401 g/mol. The van der Waals surface area contributed by atoms with E-state index in [2.05, 4.69) is 21.1 Å². The van der Waals surface area contributed by atoms with Crippen LogP contribution in [0, 0.1) is 12.3 Å². The zero-order valence-electron chi connectivity index (χ0n) is 15.4. The Kier molecular flexibility index (Phi) is 4.39. The molecule has 1 aliphatic heterocycles. The van der Waals surface area contributed by atoms with Crippen LogP contribution in [0.25, 0.3) is 17.1 Å². The lowest BCUT2D eigenvalue weighted by Gasteiger charge is -2.09. The van der Waals surface area contributed by atoms with Crippen molar-refractivity contribution in [3.05, 3.63) is 82.7 Å². The molecule has 29 heavy (non-hydrogen) atoms. The summed E-state index contributed by atoms with van der Waals surface area (Å²) in [6, 6.07) is 15.7. The molecular weight excluding hydrogens is 386 g/mol. The summed E-state index contributed by atoms with van der Waals surface area (Å²) < 4.78 is 9.90. The van der Waals surface area contributed by atoms with Gasteiger partial charge in [0.1, 0.15) is 18.6 Å². The average molecular weight is 402 g/mol. The van der Waals surface area contributed by atoms with Crippen molar-refractivity contribution in [2.45, 2.75) is 19.8 Å². The van der Waals surface area contributed by atoms with Gasteiger partial charge in [0.2, 0.25) is 0 Å². The average Bonchev–Trinajstić information content (AvgIpc) is 3.30. The molecule has 142 valence electrons. The van der Waals surface area contributed by atoms with Crippen LogP contribution in [-0.4, -0.2) is 24.3 Å². The fourth-order valence-electron chi connectivity index (χ4n) is 3.54. The van der Waals surface area contributed by atoms with Crippen molar-refractivity contribution >= 4 is 11.6 Å². The van der Waals surface area contributed by atoms with Crippen molar-refractivity contribution in [1.82, 2.24) is 24.3 Å². The molecule has 0 saturated heterocycles. The van der Waals surface area contributed by atoms with Gasteiger partial charge >= 0.3 is 0 Å². The first-order valence-electron chi connectivity index (χ1n) is 9.11. The van der Waals surface area contributed by atoms with Crippen LogP contribution >= 0.6 is 11.6 Å². The largest absolute Gasteiger partial charge is 0.369 e. The van der Waals surface area contributed by atoms with Crippen LogP contribution in [0.15, 0.2) is 54.9 Å². The molecule has 2 aromatic carbocycles. The van der Waals surface area contributed by atoms with Crippen LogP contribution < -0.4 is 0 Å². The lowest BCUT2D eigenvalue weighted by Crippen LogP contribution is -2.09. The van der Waals surface area contributed by atoms with E-state index in [0.717, 1.165) is 34.2 Å². The second-order valence-electron chi connectivity index (χ2n) is 6.72. The van der Waals surface area contributed by atoms with Gasteiger partial charge in [0.25, 0.3) is 0 Å². The van der Waals surface area contributed by atoms with E-state index >= 15 is 0 Å². The summed E-state index contributed by atoms with van der Waals surface area (Å²) >= 11 is 6.27. The molecule has 2 aromatic heterocycles. The molecule has 0 spiro atoms. The zero-order valence-corrected chi connectivity index (χ0v) is 16.2. The number of aromatic nitrogens is 5. The Bertz CT molecular complexity index is 1240. The fourth-order valence-corrected chi connectivity index (χ4v) is 3.71. The van der Waals surface area contributed by atoms with Gasteiger partial charge in [0.15, 0.2) is 11.6 Å². The number of imidazole rings is 1. The Labute approximate surface area is 172 Å². The van der Waals surface area contributed by atoms with E-state index < -0.39 is 0 Å². The Balaban J connectivity index is 1.54. The van der Waals surface area contributed by atoms with Crippen molar-refractivity contribution in [2.24, 2.45) is 0 Å². The Morgan fingerprint density at radius 1 is 1.10 bits per heavy atom. The van der Waals surface area contributed by atoms with Crippen LogP contribution in [0.1, 0.15) is 22.8 Å². The minimum atomic E-state index is 0.331. The Morgan fingerprint density at radius 2 is 1.97 bits per heavy atom. The highest BCUT2D eigenvalue weighted by Crippen LogP contribution is 2.34. The maximum absolute atomic E-state index is 6.27. The van der Waals surface area contributed by atoms with Crippen molar-refractivity contribution in [1.29, 1.82) is 0 Å². The van der Waals surface area contributed by atoms with Gasteiger partial charge in [0.05, 0.1) is 24.5 Å². The molecule has 3 heterocycles.